The summed E-state index contributed by atoms with van der Waals surface area (Å²) in [6.45, 7) is 2.08. The molecule has 158 valence electrons. The Morgan fingerprint density at radius 2 is 1.65 bits per heavy atom. The molecule has 3 aromatic rings. The molecule has 0 amide bonds. The molecule has 3 heterocycles. The van der Waals surface area contributed by atoms with E-state index < -0.39 is 0 Å². The summed E-state index contributed by atoms with van der Waals surface area (Å²) in [6, 6.07) is 8.46. The highest BCUT2D eigenvalue weighted by atomic mass is 15.0. The van der Waals surface area contributed by atoms with Crippen LogP contribution in [-0.2, 0) is 0 Å². The van der Waals surface area contributed by atoms with E-state index in [1.165, 1.54) is 37.0 Å². The van der Waals surface area contributed by atoms with Gasteiger partial charge in [-0.15, -0.1) is 0 Å². The molecule has 6 nitrogen and oxygen atoms in total. The summed E-state index contributed by atoms with van der Waals surface area (Å²) < 4.78 is 0. The van der Waals surface area contributed by atoms with Gasteiger partial charge in [0, 0.05) is 41.9 Å². The Labute approximate surface area is 183 Å². The van der Waals surface area contributed by atoms with Crippen LogP contribution in [-0.4, -0.2) is 32.7 Å². The van der Waals surface area contributed by atoms with Crippen molar-refractivity contribution in [3.63, 3.8) is 0 Å². The van der Waals surface area contributed by atoms with E-state index in [0.29, 0.717) is 5.92 Å². The minimum Gasteiger partial charge on any atom is -0.341 e. The fourth-order valence-corrected chi connectivity index (χ4v) is 4.41. The lowest BCUT2D eigenvalue weighted by atomic mass is 9.95. The summed E-state index contributed by atoms with van der Waals surface area (Å²) in [6.07, 6.45) is 13.9. The highest BCUT2D eigenvalue weighted by Gasteiger charge is 2.24. The summed E-state index contributed by atoms with van der Waals surface area (Å²) in [5.74, 6) is 2.35. The van der Waals surface area contributed by atoms with Gasteiger partial charge in [-0.2, -0.15) is 0 Å². The van der Waals surface area contributed by atoms with Gasteiger partial charge in [-0.1, -0.05) is 37.1 Å². The van der Waals surface area contributed by atoms with Crippen LogP contribution in [0.3, 0.4) is 0 Å². The molecule has 1 aromatic carbocycles. The van der Waals surface area contributed by atoms with E-state index in [1.807, 2.05) is 31.8 Å². The molecule has 1 aliphatic heterocycles. The van der Waals surface area contributed by atoms with Gasteiger partial charge in [0.15, 0.2) is 5.82 Å². The van der Waals surface area contributed by atoms with Crippen molar-refractivity contribution in [1.29, 1.82) is 0 Å². The van der Waals surface area contributed by atoms with Crippen molar-refractivity contribution >= 4 is 11.3 Å². The van der Waals surface area contributed by atoms with Crippen molar-refractivity contribution in [3.05, 3.63) is 60.4 Å². The Balaban J connectivity index is 1.26. The molecule has 0 unspecified atom stereocenters. The normalized spacial score (nSPS) is 17.6. The van der Waals surface area contributed by atoms with Crippen LogP contribution in [0.15, 0.2) is 54.0 Å². The third-order valence-electron chi connectivity index (χ3n) is 6.50. The molecule has 2 aliphatic rings. The maximum absolute atomic E-state index is 4.70. The molecule has 5 rings (SSSR count). The number of hydrogen-bond acceptors (Lipinski definition) is 5. The number of aromatic amines is 1. The van der Waals surface area contributed by atoms with Crippen LogP contribution in [0.2, 0.25) is 0 Å². The van der Waals surface area contributed by atoms with E-state index in [1.54, 1.807) is 0 Å². The number of nitrogens with one attached hydrogen (secondary N) is 2. The van der Waals surface area contributed by atoms with Crippen LogP contribution in [0.1, 0.15) is 56.5 Å². The number of H-pyrrole nitrogens is 1. The number of rotatable bonds is 6. The molecular formula is C25H28N6. The first kappa shape index (κ1) is 19.8. The second kappa shape index (κ2) is 8.55. The minimum atomic E-state index is 0.189. The Morgan fingerprint density at radius 1 is 0.935 bits per heavy atom. The zero-order valence-corrected chi connectivity index (χ0v) is 18.1. The SMILES string of the molecule is CN[C@@H](C)c1ncc(-c2ccc(-c3ncc(C4=CN=C(C5CCCC5)C4)cn3)cc2)[nH]1. The zero-order chi connectivity index (χ0) is 21.2. The van der Waals surface area contributed by atoms with Gasteiger partial charge in [0.25, 0.3) is 0 Å². The molecule has 2 N–H and O–H groups in total. The topological polar surface area (TPSA) is 78.8 Å². The number of hydrogen-bond donors (Lipinski definition) is 2. The number of aromatic nitrogens is 4. The number of imidazole rings is 1. The van der Waals surface area contributed by atoms with Gasteiger partial charge in [-0.3, -0.25) is 4.99 Å². The van der Waals surface area contributed by atoms with E-state index in [9.17, 15) is 0 Å². The van der Waals surface area contributed by atoms with E-state index in [-0.39, 0.29) is 6.04 Å². The molecule has 2 aromatic heterocycles. The molecule has 0 radical (unpaired) electrons. The second-order valence-corrected chi connectivity index (χ2v) is 8.50. The smallest absolute Gasteiger partial charge is 0.159 e. The van der Waals surface area contributed by atoms with E-state index in [2.05, 4.69) is 56.4 Å². The Kier molecular flexibility index (Phi) is 5.47. The van der Waals surface area contributed by atoms with E-state index in [0.717, 1.165) is 40.5 Å². The second-order valence-electron chi connectivity index (χ2n) is 8.50. The Bertz CT molecular complexity index is 1100. The molecule has 0 spiro atoms. The fraction of sp³-hybridized carbons (Fsp3) is 0.360. The first-order valence-electron chi connectivity index (χ1n) is 11.1. The number of nitrogens with zero attached hydrogens (tertiary/aromatic N) is 4. The molecule has 1 aliphatic carbocycles. The van der Waals surface area contributed by atoms with Crippen molar-refractivity contribution in [1.82, 2.24) is 25.3 Å². The summed E-state index contributed by atoms with van der Waals surface area (Å²) in [7, 11) is 1.93. The predicted molar refractivity (Wildman–Crippen MR) is 125 cm³/mol. The van der Waals surface area contributed by atoms with Crippen LogP contribution in [0.4, 0.5) is 0 Å². The van der Waals surface area contributed by atoms with E-state index in [4.69, 9.17) is 4.99 Å². The average molecular weight is 413 g/mol. The Morgan fingerprint density at radius 3 is 2.35 bits per heavy atom. The predicted octanol–water partition coefficient (Wildman–Crippen LogP) is 5.19. The van der Waals surface area contributed by atoms with Crippen LogP contribution >= 0.6 is 0 Å². The van der Waals surface area contributed by atoms with Gasteiger partial charge >= 0.3 is 0 Å². The zero-order valence-electron chi connectivity index (χ0n) is 18.1. The minimum absolute atomic E-state index is 0.189. The van der Waals surface area contributed by atoms with Gasteiger partial charge in [-0.25, -0.2) is 15.0 Å². The van der Waals surface area contributed by atoms with Gasteiger partial charge in [-0.05, 0) is 43.9 Å². The first-order chi connectivity index (χ1) is 15.2. The van der Waals surface area contributed by atoms with Crippen molar-refractivity contribution < 1.29 is 0 Å². The van der Waals surface area contributed by atoms with Crippen LogP contribution in [0, 0.1) is 5.92 Å². The molecule has 1 atom stereocenters. The van der Waals surface area contributed by atoms with E-state index >= 15 is 0 Å². The first-order valence-corrected chi connectivity index (χ1v) is 11.1. The van der Waals surface area contributed by atoms with Crippen LogP contribution < -0.4 is 5.32 Å². The lowest BCUT2D eigenvalue weighted by Crippen LogP contribution is -2.13. The maximum Gasteiger partial charge on any atom is 0.159 e. The lowest BCUT2D eigenvalue weighted by Gasteiger charge is -2.10. The van der Waals surface area contributed by atoms with Gasteiger partial charge in [0.1, 0.15) is 5.82 Å². The molecule has 31 heavy (non-hydrogen) atoms. The Hall–Kier alpha value is -3.12. The lowest BCUT2D eigenvalue weighted by molar-refractivity contribution is 0.618. The monoisotopic (exact) mass is 412 g/mol. The molecule has 0 saturated heterocycles. The van der Waals surface area contributed by atoms with Crippen molar-refractivity contribution in [3.8, 4) is 22.6 Å². The van der Waals surface area contributed by atoms with Gasteiger partial charge in [0.05, 0.1) is 17.9 Å². The fourth-order valence-electron chi connectivity index (χ4n) is 4.41. The molecule has 1 fully saturated rings. The summed E-state index contributed by atoms with van der Waals surface area (Å²) in [5.41, 5.74) is 6.75. The molecule has 0 bridgehead atoms. The third kappa shape index (κ3) is 4.08. The number of aliphatic imine (C=N–C) groups is 1. The quantitative estimate of drug-likeness (QED) is 0.584. The van der Waals surface area contributed by atoms with Crippen LogP contribution in [0.25, 0.3) is 28.2 Å². The summed E-state index contributed by atoms with van der Waals surface area (Å²) in [5, 5.41) is 3.20. The summed E-state index contributed by atoms with van der Waals surface area (Å²) in [4.78, 5) is 21.8. The van der Waals surface area contributed by atoms with Crippen LogP contribution in [0.5, 0.6) is 0 Å². The number of allylic oxidation sites excluding steroid dienone is 1. The molecule has 6 heteroatoms. The van der Waals surface area contributed by atoms with Crippen molar-refractivity contribution in [2.45, 2.75) is 45.1 Å². The number of benzene rings is 1. The van der Waals surface area contributed by atoms with Crippen molar-refractivity contribution in [2.75, 3.05) is 7.05 Å². The highest BCUT2D eigenvalue weighted by molar-refractivity contribution is 5.99. The molecular weight excluding hydrogens is 384 g/mol. The average Bonchev–Trinajstić information content (AvgIpc) is 3.60. The standard InChI is InChI=1S/C25H28N6/c1-16(26-2)24-30-15-23(31-24)18-7-9-19(10-8-18)25-28-13-21(14-29-25)20-11-22(27-12-20)17-5-3-4-6-17/h7-10,12-17,26H,3-6,11H2,1-2H3,(H,30,31)/t16-/m0/s1. The van der Waals surface area contributed by atoms with Gasteiger partial charge < -0.3 is 10.3 Å². The largest absolute Gasteiger partial charge is 0.341 e. The summed E-state index contributed by atoms with van der Waals surface area (Å²) >= 11 is 0. The molecule has 1 saturated carbocycles. The maximum atomic E-state index is 4.70. The van der Waals surface area contributed by atoms with Gasteiger partial charge in [0.2, 0.25) is 0 Å². The van der Waals surface area contributed by atoms with Crippen molar-refractivity contribution in [2.24, 2.45) is 10.9 Å². The third-order valence-corrected chi connectivity index (χ3v) is 6.50. The highest BCUT2D eigenvalue weighted by Crippen LogP contribution is 2.33.